The number of fused-ring (bicyclic) bond motifs is 5. The van der Waals surface area contributed by atoms with E-state index in [0.29, 0.717) is 15.6 Å². The highest BCUT2D eigenvalue weighted by Gasteiger charge is 2.59. The summed E-state index contributed by atoms with van der Waals surface area (Å²) in [5.41, 5.74) is 2.97. The zero-order valence-corrected chi connectivity index (χ0v) is 12.1. The number of halogens is 3. The van der Waals surface area contributed by atoms with E-state index >= 15 is 0 Å². The molecule has 1 fully saturated rings. The third-order valence-electron chi connectivity index (χ3n) is 3.44. The summed E-state index contributed by atoms with van der Waals surface area (Å²) >= 11 is 11.5. The summed E-state index contributed by atoms with van der Waals surface area (Å²) in [4.78, 5) is 1.07. The molecule has 0 heterocycles. The summed E-state index contributed by atoms with van der Waals surface area (Å²) in [6, 6.07) is 8.77. The Labute approximate surface area is 109 Å². The van der Waals surface area contributed by atoms with Crippen molar-refractivity contribution in [2.45, 2.75) is 26.3 Å². The maximum atomic E-state index is 3.92. The molecule has 3 rings (SSSR count). The molecule has 2 aliphatic carbocycles. The van der Waals surface area contributed by atoms with E-state index in [1.54, 1.807) is 0 Å². The summed E-state index contributed by atoms with van der Waals surface area (Å²) in [5, 5.41) is 0. The predicted octanol–water partition coefficient (Wildman–Crippen LogP) is 4.30. The molecule has 0 spiro atoms. The Morgan fingerprint density at radius 2 is 1.93 bits per heavy atom. The lowest BCUT2D eigenvalue weighted by atomic mass is 9.92. The second kappa shape index (κ2) is 3.08. The Morgan fingerprint density at radius 3 is 2.71 bits per heavy atom. The van der Waals surface area contributed by atoms with Crippen LogP contribution in [0.15, 0.2) is 24.3 Å². The van der Waals surface area contributed by atoms with Gasteiger partial charge in [-0.05, 0) is 23.5 Å². The van der Waals surface area contributed by atoms with Crippen LogP contribution in [0.1, 0.15) is 23.5 Å². The van der Waals surface area contributed by atoms with E-state index in [1.165, 1.54) is 17.5 Å². The van der Waals surface area contributed by atoms with E-state index in [-0.39, 0.29) is 4.32 Å². The van der Waals surface area contributed by atoms with Crippen molar-refractivity contribution in [2.75, 3.05) is 0 Å². The van der Waals surface area contributed by atoms with Crippen LogP contribution in [0, 0.1) is 0 Å². The fourth-order valence-electron chi connectivity index (χ4n) is 2.75. The van der Waals surface area contributed by atoms with Gasteiger partial charge in [-0.25, -0.2) is 0 Å². The van der Waals surface area contributed by atoms with E-state index in [9.17, 15) is 0 Å². The lowest BCUT2D eigenvalue weighted by Crippen LogP contribution is -2.29. The Balaban J connectivity index is 2.26. The van der Waals surface area contributed by atoms with E-state index in [1.807, 2.05) is 0 Å². The van der Waals surface area contributed by atoms with E-state index < -0.39 is 0 Å². The third kappa shape index (κ3) is 0.992. The van der Waals surface area contributed by atoms with Gasteiger partial charge in [-0.2, -0.15) is 0 Å². The highest BCUT2D eigenvalue weighted by atomic mass is 79.9. The van der Waals surface area contributed by atoms with Gasteiger partial charge in [0.25, 0.3) is 0 Å². The summed E-state index contributed by atoms with van der Waals surface area (Å²) in [5.74, 6) is 0.662. The average molecular weight is 381 g/mol. The molecule has 0 radical (unpaired) electrons. The molecule has 0 aromatic heterocycles. The Hall–Kier alpha value is 0.660. The van der Waals surface area contributed by atoms with Gasteiger partial charge in [0, 0.05) is 9.65 Å². The van der Waals surface area contributed by atoms with Crippen LogP contribution in [-0.2, 0) is 4.32 Å². The molecule has 0 N–H and O–H groups in total. The Kier molecular flexibility index (Phi) is 2.17. The van der Waals surface area contributed by atoms with Crippen LogP contribution in [0.5, 0.6) is 0 Å². The van der Waals surface area contributed by atoms with Gasteiger partial charge in [-0.1, -0.05) is 72.1 Å². The molecule has 1 aromatic carbocycles. The maximum Gasteiger partial charge on any atom is 0.0764 e. The molecule has 2 bridgehead atoms. The van der Waals surface area contributed by atoms with Crippen molar-refractivity contribution in [1.29, 1.82) is 0 Å². The monoisotopic (exact) mass is 378 g/mol. The molecular weight excluding hydrogens is 372 g/mol. The van der Waals surface area contributed by atoms with Crippen LogP contribution in [0.4, 0.5) is 0 Å². The molecule has 1 saturated carbocycles. The molecule has 1 aromatic rings. The first-order valence-corrected chi connectivity index (χ1v) is 7.34. The van der Waals surface area contributed by atoms with Gasteiger partial charge < -0.3 is 0 Å². The first kappa shape index (κ1) is 9.86. The molecule has 2 aliphatic rings. The third-order valence-corrected chi connectivity index (χ3v) is 8.60. The first-order chi connectivity index (χ1) is 6.65. The van der Waals surface area contributed by atoms with Crippen molar-refractivity contribution in [2.24, 2.45) is 0 Å². The van der Waals surface area contributed by atoms with Gasteiger partial charge in [-0.15, -0.1) is 0 Å². The first-order valence-electron chi connectivity index (χ1n) is 4.72. The summed E-state index contributed by atoms with van der Waals surface area (Å²) in [7, 11) is 0. The van der Waals surface area contributed by atoms with Crippen LogP contribution >= 0.6 is 47.8 Å². The van der Waals surface area contributed by atoms with Crippen LogP contribution in [0.2, 0.25) is 0 Å². The second-order valence-electron chi connectivity index (χ2n) is 4.07. The van der Waals surface area contributed by atoms with E-state index in [4.69, 9.17) is 0 Å². The highest BCUT2D eigenvalue weighted by Crippen LogP contribution is 2.65. The van der Waals surface area contributed by atoms with Crippen molar-refractivity contribution in [3.05, 3.63) is 35.4 Å². The Morgan fingerprint density at radius 1 is 1.21 bits per heavy atom. The van der Waals surface area contributed by atoms with E-state index in [0.717, 1.165) is 0 Å². The molecule has 14 heavy (non-hydrogen) atoms. The van der Waals surface area contributed by atoms with Crippen molar-refractivity contribution in [1.82, 2.24) is 0 Å². The molecular formula is C11H9Br3. The van der Waals surface area contributed by atoms with Gasteiger partial charge in [0.05, 0.1) is 4.32 Å². The number of rotatable bonds is 0. The van der Waals surface area contributed by atoms with Crippen LogP contribution < -0.4 is 0 Å². The minimum atomic E-state index is 0.105. The Bertz CT molecular complexity index is 390. The van der Waals surface area contributed by atoms with Crippen molar-refractivity contribution in [3.63, 3.8) is 0 Å². The van der Waals surface area contributed by atoms with Crippen molar-refractivity contribution < 1.29 is 0 Å². The van der Waals surface area contributed by atoms with Gasteiger partial charge in [-0.3, -0.25) is 0 Å². The zero-order valence-electron chi connectivity index (χ0n) is 7.38. The molecule has 3 heteroatoms. The van der Waals surface area contributed by atoms with Crippen LogP contribution in [-0.4, -0.2) is 9.65 Å². The topological polar surface area (TPSA) is 0 Å². The summed E-state index contributed by atoms with van der Waals surface area (Å²) in [6.45, 7) is 0. The standard InChI is InChI=1S/C11H9Br3/c12-9-5-7-6-3-1-2-4-8(6)11(9,14)10(7)13/h1-4,7,9-10H,5H2/t7-,9+,10-,11+/m1/s1. The van der Waals surface area contributed by atoms with Crippen molar-refractivity contribution in [3.8, 4) is 0 Å². The molecule has 0 aliphatic heterocycles. The molecule has 0 saturated heterocycles. The normalized spacial score (nSPS) is 44.1. The number of benzene rings is 1. The molecule has 0 unspecified atom stereocenters. The molecule has 4 atom stereocenters. The van der Waals surface area contributed by atoms with Gasteiger partial charge in [0.1, 0.15) is 0 Å². The fourth-order valence-corrected chi connectivity index (χ4v) is 5.97. The quantitative estimate of drug-likeness (QED) is 0.588. The van der Waals surface area contributed by atoms with Gasteiger partial charge >= 0.3 is 0 Å². The molecule has 0 nitrogen and oxygen atoms in total. The second-order valence-corrected chi connectivity index (χ2v) is 7.47. The summed E-state index contributed by atoms with van der Waals surface area (Å²) in [6.07, 6.45) is 1.22. The van der Waals surface area contributed by atoms with Gasteiger partial charge in [0.2, 0.25) is 0 Å². The number of hydrogen-bond acceptors (Lipinski definition) is 0. The SMILES string of the molecule is Br[C@@H]1[C@@H]2C[C@H](Br)[C@@]1(Br)c1ccccc12. The minimum Gasteiger partial charge on any atom is -0.0871 e. The van der Waals surface area contributed by atoms with Crippen LogP contribution in [0.3, 0.4) is 0 Å². The molecule has 0 amide bonds. The largest absolute Gasteiger partial charge is 0.0871 e. The molecule has 74 valence electrons. The fraction of sp³-hybridized carbons (Fsp3) is 0.455. The van der Waals surface area contributed by atoms with Crippen molar-refractivity contribution >= 4 is 47.8 Å². The van der Waals surface area contributed by atoms with Crippen LogP contribution in [0.25, 0.3) is 0 Å². The zero-order chi connectivity index (χ0) is 9.92. The maximum absolute atomic E-state index is 3.92. The average Bonchev–Trinajstić information content (AvgIpc) is 2.54. The highest BCUT2D eigenvalue weighted by molar-refractivity contribution is 9.14. The lowest BCUT2D eigenvalue weighted by molar-refractivity contribution is 0.716. The van der Waals surface area contributed by atoms with Gasteiger partial charge in [0.15, 0.2) is 0 Å². The summed E-state index contributed by atoms with van der Waals surface area (Å²) < 4.78 is 0.105. The lowest BCUT2D eigenvalue weighted by Gasteiger charge is -2.28. The predicted molar refractivity (Wildman–Crippen MR) is 69.8 cm³/mol. The number of hydrogen-bond donors (Lipinski definition) is 0. The smallest absolute Gasteiger partial charge is 0.0764 e. The minimum absolute atomic E-state index is 0.105. The number of alkyl halides is 3. The van der Waals surface area contributed by atoms with E-state index in [2.05, 4.69) is 72.1 Å².